The van der Waals surface area contributed by atoms with Crippen molar-refractivity contribution in [2.45, 2.75) is 6.92 Å². The van der Waals surface area contributed by atoms with Gasteiger partial charge in [-0.25, -0.2) is 14.6 Å². The van der Waals surface area contributed by atoms with E-state index in [2.05, 4.69) is 9.72 Å². The number of methoxy groups -OCH3 is 1. The molecule has 0 saturated carbocycles. The van der Waals surface area contributed by atoms with Gasteiger partial charge in [0.25, 0.3) is 0 Å². The summed E-state index contributed by atoms with van der Waals surface area (Å²) in [4.78, 5) is 27.1. The molecule has 2 aromatic rings. The minimum Gasteiger partial charge on any atom is -0.465 e. The van der Waals surface area contributed by atoms with Crippen LogP contribution in [0.3, 0.4) is 0 Å². The molecular formula is C14H13NO4S. The molecule has 0 amide bonds. The van der Waals surface area contributed by atoms with E-state index in [-0.39, 0.29) is 5.97 Å². The smallest absolute Gasteiger partial charge is 0.357 e. The summed E-state index contributed by atoms with van der Waals surface area (Å²) in [7, 11) is 1.34. The minimum atomic E-state index is -0.429. The van der Waals surface area contributed by atoms with Crippen LogP contribution in [-0.2, 0) is 9.47 Å². The molecule has 6 heteroatoms. The Balaban J connectivity index is 2.20. The number of esters is 2. The van der Waals surface area contributed by atoms with Crippen LogP contribution >= 0.6 is 11.3 Å². The van der Waals surface area contributed by atoms with Crippen LogP contribution in [0.1, 0.15) is 27.8 Å². The lowest BCUT2D eigenvalue weighted by Crippen LogP contribution is -2.04. The molecule has 0 aliphatic carbocycles. The van der Waals surface area contributed by atoms with Gasteiger partial charge < -0.3 is 9.47 Å². The number of rotatable bonds is 4. The molecular weight excluding hydrogens is 278 g/mol. The first kappa shape index (κ1) is 14.2. The van der Waals surface area contributed by atoms with Crippen molar-refractivity contribution in [3.05, 3.63) is 40.9 Å². The fourth-order valence-corrected chi connectivity index (χ4v) is 2.37. The highest BCUT2D eigenvalue weighted by Crippen LogP contribution is 2.24. The molecule has 0 atom stereocenters. The standard InChI is InChI=1S/C14H13NO4S/c1-3-19-14(17)11-8-20-12(15-11)9-4-6-10(7-5-9)13(16)18-2/h4-8H,3H2,1-2H3. The SMILES string of the molecule is CCOC(=O)c1csc(-c2ccc(C(=O)OC)cc2)n1. The van der Waals surface area contributed by atoms with E-state index in [9.17, 15) is 9.59 Å². The predicted octanol–water partition coefficient (Wildman–Crippen LogP) is 2.77. The zero-order valence-corrected chi connectivity index (χ0v) is 11.9. The number of ether oxygens (including phenoxy) is 2. The van der Waals surface area contributed by atoms with E-state index in [1.807, 2.05) is 0 Å². The Morgan fingerprint density at radius 2 is 1.90 bits per heavy atom. The van der Waals surface area contributed by atoms with Gasteiger partial charge in [-0.05, 0) is 19.1 Å². The number of aromatic nitrogens is 1. The molecule has 0 N–H and O–H groups in total. The van der Waals surface area contributed by atoms with Gasteiger partial charge in [-0.3, -0.25) is 0 Å². The summed E-state index contributed by atoms with van der Waals surface area (Å²) in [5, 5.41) is 2.35. The monoisotopic (exact) mass is 291 g/mol. The lowest BCUT2D eigenvalue weighted by Gasteiger charge is -2.00. The average molecular weight is 291 g/mol. The topological polar surface area (TPSA) is 65.5 Å². The number of nitrogens with zero attached hydrogens (tertiary/aromatic N) is 1. The molecule has 0 spiro atoms. The van der Waals surface area contributed by atoms with Crippen molar-refractivity contribution in [2.24, 2.45) is 0 Å². The Morgan fingerprint density at radius 1 is 1.20 bits per heavy atom. The van der Waals surface area contributed by atoms with Gasteiger partial charge in [0.2, 0.25) is 0 Å². The summed E-state index contributed by atoms with van der Waals surface area (Å²) in [5.41, 5.74) is 1.60. The molecule has 1 aromatic carbocycles. The molecule has 1 aromatic heterocycles. The summed E-state index contributed by atoms with van der Waals surface area (Å²) < 4.78 is 9.52. The maximum absolute atomic E-state index is 11.5. The highest BCUT2D eigenvalue weighted by molar-refractivity contribution is 7.13. The van der Waals surface area contributed by atoms with Crippen LogP contribution in [0.4, 0.5) is 0 Å². The van der Waals surface area contributed by atoms with Gasteiger partial charge in [-0.1, -0.05) is 12.1 Å². The summed E-state index contributed by atoms with van der Waals surface area (Å²) in [5.74, 6) is -0.816. The summed E-state index contributed by atoms with van der Waals surface area (Å²) in [6, 6.07) is 6.85. The first-order valence-corrected chi connectivity index (χ1v) is 6.85. The van der Waals surface area contributed by atoms with Crippen molar-refractivity contribution in [1.82, 2.24) is 4.98 Å². The Hall–Kier alpha value is -2.21. The van der Waals surface area contributed by atoms with Crippen LogP contribution < -0.4 is 0 Å². The van der Waals surface area contributed by atoms with Gasteiger partial charge in [0.05, 0.1) is 19.3 Å². The van der Waals surface area contributed by atoms with E-state index < -0.39 is 5.97 Å². The minimum absolute atomic E-state index is 0.295. The van der Waals surface area contributed by atoms with Crippen LogP contribution in [0.15, 0.2) is 29.6 Å². The fraction of sp³-hybridized carbons (Fsp3) is 0.214. The lowest BCUT2D eigenvalue weighted by molar-refractivity contribution is 0.0519. The van der Waals surface area contributed by atoms with E-state index in [0.717, 1.165) is 5.56 Å². The van der Waals surface area contributed by atoms with E-state index in [4.69, 9.17) is 4.74 Å². The Bertz CT molecular complexity index is 618. The third kappa shape index (κ3) is 3.03. The zero-order chi connectivity index (χ0) is 14.5. The number of benzene rings is 1. The molecule has 0 fully saturated rings. The lowest BCUT2D eigenvalue weighted by atomic mass is 10.1. The van der Waals surface area contributed by atoms with E-state index in [0.29, 0.717) is 22.9 Å². The van der Waals surface area contributed by atoms with Crippen molar-refractivity contribution < 1.29 is 19.1 Å². The largest absolute Gasteiger partial charge is 0.465 e. The first-order valence-electron chi connectivity index (χ1n) is 5.97. The molecule has 0 saturated heterocycles. The molecule has 0 radical (unpaired) electrons. The van der Waals surface area contributed by atoms with E-state index in [1.165, 1.54) is 18.4 Å². The Morgan fingerprint density at radius 3 is 2.50 bits per heavy atom. The second kappa shape index (κ2) is 6.29. The number of carbonyl (C=O) groups excluding carboxylic acids is 2. The molecule has 0 aliphatic rings. The molecule has 20 heavy (non-hydrogen) atoms. The quantitative estimate of drug-likeness (QED) is 0.810. The maximum Gasteiger partial charge on any atom is 0.357 e. The summed E-state index contributed by atoms with van der Waals surface area (Å²) in [6.07, 6.45) is 0. The summed E-state index contributed by atoms with van der Waals surface area (Å²) in [6.45, 7) is 2.07. The Kier molecular flexibility index (Phi) is 4.47. The number of hydrogen-bond donors (Lipinski definition) is 0. The van der Waals surface area contributed by atoms with Crippen molar-refractivity contribution in [2.75, 3.05) is 13.7 Å². The van der Waals surface area contributed by atoms with Crippen molar-refractivity contribution in [3.8, 4) is 10.6 Å². The highest BCUT2D eigenvalue weighted by atomic mass is 32.1. The second-order valence-corrected chi connectivity index (χ2v) is 4.69. The van der Waals surface area contributed by atoms with Gasteiger partial charge in [0.1, 0.15) is 5.01 Å². The van der Waals surface area contributed by atoms with E-state index in [1.54, 1.807) is 36.6 Å². The molecule has 0 bridgehead atoms. The van der Waals surface area contributed by atoms with Crippen molar-refractivity contribution >= 4 is 23.3 Å². The molecule has 2 rings (SSSR count). The van der Waals surface area contributed by atoms with E-state index >= 15 is 0 Å². The van der Waals surface area contributed by atoms with Gasteiger partial charge in [0, 0.05) is 10.9 Å². The number of thiazole rings is 1. The first-order chi connectivity index (χ1) is 9.65. The molecule has 104 valence electrons. The van der Waals surface area contributed by atoms with Gasteiger partial charge in [0.15, 0.2) is 5.69 Å². The second-order valence-electron chi connectivity index (χ2n) is 3.83. The van der Waals surface area contributed by atoms with Crippen LogP contribution in [0.25, 0.3) is 10.6 Å². The third-order valence-electron chi connectivity index (χ3n) is 2.54. The third-order valence-corrected chi connectivity index (χ3v) is 3.43. The van der Waals surface area contributed by atoms with Crippen LogP contribution in [0.5, 0.6) is 0 Å². The van der Waals surface area contributed by atoms with Crippen LogP contribution in [-0.4, -0.2) is 30.6 Å². The van der Waals surface area contributed by atoms with Gasteiger partial charge in [-0.15, -0.1) is 11.3 Å². The average Bonchev–Trinajstić information content (AvgIpc) is 2.97. The maximum atomic E-state index is 11.5. The highest BCUT2D eigenvalue weighted by Gasteiger charge is 2.13. The number of hydrogen-bond acceptors (Lipinski definition) is 6. The normalized spacial score (nSPS) is 10.1. The summed E-state index contributed by atoms with van der Waals surface area (Å²) >= 11 is 1.35. The fourth-order valence-electron chi connectivity index (χ4n) is 1.57. The van der Waals surface area contributed by atoms with Crippen molar-refractivity contribution in [3.63, 3.8) is 0 Å². The molecule has 5 nitrogen and oxygen atoms in total. The predicted molar refractivity (Wildman–Crippen MR) is 74.8 cm³/mol. The van der Waals surface area contributed by atoms with Crippen LogP contribution in [0.2, 0.25) is 0 Å². The zero-order valence-electron chi connectivity index (χ0n) is 11.1. The van der Waals surface area contributed by atoms with Crippen LogP contribution in [0, 0.1) is 0 Å². The molecule has 0 unspecified atom stereocenters. The molecule has 1 heterocycles. The van der Waals surface area contributed by atoms with Gasteiger partial charge in [-0.2, -0.15) is 0 Å². The molecule has 0 aliphatic heterocycles. The van der Waals surface area contributed by atoms with Gasteiger partial charge >= 0.3 is 11.9 Å². The Labute approximate surface area is 120 Å². The number of carbonyl (C=O) groups is 2. The van der Waals surface area contributed by atoms with Crippen molar-refractivity contribution in [1.29, 1.82) is 0 Å².